The van der Waals surface area contributed by atoms with Crippen LogP contribution in [0.3, 0.4) is 0 Å². The zero-order valence-electron chi connectivity index (χ0n) is 14.4. The number of aryl methyl sites for hydroxylation is 1. The van der Waals surface area contributed by atoms with E-state index in [2.05, 4.69) is 19.7 Å². The summed E-state index contributed by atoms with van der Waals surface area (Å²) >= 11 is 0. The average Bonchev–Trinajstić information content (AvgIpc) is 3.08. The summed E-state index contributed by atoms with van der Waals surface area (Å²) in [6.07, 6.45) is 9.23. The highest BCUT2D eigenvalue weighted by Crippen LogP contribution is 2.50. The van der Waals surface area contributed by atoms with E-state index in [0.29, 0.717) is 0 Å². The van der Waals surface area contributed by atoms with Gasteiger partial charge in [-0.25, -0.2) is 0 Å². The van der Waals surface area contributed by atoms with Gasteiger partial charge in [0, 0.05) is 31.3 Å². The molecule has 0 N–H and O–H groups in total. The molecule has 1 aliphatic carbocycles. The second-order valence-electron chi connectivity index (χ2n) is 7.59. The summed E-state index contributed by atoms with van der Waals surface area (Å²) in [7, 11) is 0. The van der Waals surface area contributed by atoms with Crippen LogP contribution in [0.2, 0.25) is 0 Å². The first-order valence-corrected chi connectivity index (χ1v) is 9.59. The van der Waals surface area contributed by atoms with Crippen molar-refractivity contribution in [2.75, 3.05) is 6.54 Å². The molecule has 25 heavy (non-hydrogen) atoms. The summed E-state index contributed by atoms with van der Waals surface area (Å²) in [5.41, 5.74) is 0. The number of nitrogens with zero attached hydrogens (tertiary/aromatic N) is 4. The van der Waals surface area contributed by atoms with Gasteiger partial charge in [-0.2, -0.15) is 0 Å². The minimum atomic E-state index is 0.0792. The third kappa shape index (κ3) is 2.58. The lowest BCUT2D eigenvalue weighted by Gasteiger charge is -2.36. The molecule has 2 aromatic heterocycles. The number of amides is 1. The zero-order valence-corrected chi connectivity index (χ0v) is 14.4. The Balaban J connectivity index is 1.38. The van der Waals surface area contributed by atoms with Gasteiger partial charge in [-0.05, 0) is 50.7 Å². The van der Waals surface area contributed by atoms with Crippen molar-refractivity contribution in [3.63, 3.8) is 0 Å². The second kappa shape index (κ2) is 6.00. The van der Waals surface area contributed by atoms with E-state index < -0.39 is 0 Å². The van der Waals surface area contributed by atoms with Crippen LogP contribution in [0.1, 0.15) is 67.9 Å². The Morgan fingerprint density at radius 1 is 1.16 bits per heavy atom. The molecule has 0 unspecified atom stereocenters. The number of furan rings is 1. The number of rotatable bonds is 3. The topological polar surface area (TPSA) is 64.2 Å². The molecule has 132 valence electrons. The Morgan fingerprint density at radius 3 is 2.96 bits per heavy atom. The van der Waals surface area contributed by atoms with E-state index in [4.69, 9.17) is 4.42 Å². The Morgan fingerprint density at radius 2 is 2.08 bits per heavy atom. The Kier molecular flexibility index (Phi) is 3.64. The van der Waals surface area contributed by atoms with Gasteiger partial charge in [-0.3, -0.25) is 4.79 Å². The number of hydrogen-bond acceptors (Lipinski definition) is 4. The highest BCUT2D eigenvalue weighted by atomic mass is 16.3. The standard InChI is InChI=1S/C19H24N4O2/c24-19(14-12-13(14)16-7-5-11-25-16)22-9-3-1-6-15(22)18-21-20-17-8-2-4-10-23(17)18/h5,7,11,13-15H,1-4,6,8-10,12H2/t13-,14-,15-/m1/s1. The summed E-state index contributed by atoms with van der Waals surface area (Å²) in [6.45, 7) is 1.84. The number of likely N-dealkylation sites (tertiary alicyclic amines) is 1. The van der Waals surface area contributed by atoms with E-state index in [1.165, 1.54) is 12.8 Å². The SMILES string of the molecule is O=C([C@@H]1C[C@H]1c1ccco1)N1CCCC[C@@H]1c1nnc2n1CCCC2. The fourth-order valence-electron chi connectivity index (χ4n) is 4.54. The van der Waals surface area contributed by atoms with Gasteiger partial charge in [0.05, 0.1) is 12.3 Å². The average molecular weight is 340 g/mol. The molecular formula is C19H24N4O2. The van der Waals surface area contributed by atoms with Gasteiger partial charge in [-0.1, -0.05) is 0 Å². The van der Waals surface area contributed by atoms with Crippen LogP contribution in [0, 0.1) is 5.92 Å². The van der Waals surface area contributed by atoms with E-state index in [-0.39, 0.29) is 23.8 Å². The van der Waals surface area contributed by atoms with Gasteiger partial charge in [0.2, 0.25) is 5.91 Å². The molecule has 0 spiro atoms. The van der Waals surface area contributed by atoms with Gasteiger partial charge in [0.25, 0.3) is 0 Å². The van der Waals surface area contributed by atoms with Crippen LogP contribution in [0.25, 0.3) is 0 Å². The highest BCUT2D eigenvalue weighted by molar-refractivity contribution is 5.83. The molecule has 3 aliphatic rings. The lowest BCUT2D eigenvalue weighted by Crippen LogP contribution is -2.41. The molecule has 4 heterocycles. The van der Waals surface area contributed by atoms with Crippen molar-refractivity contribution in [3.8, 4) is 0 Å². The van der Waals surface area contributed by atoms with Gasteiger partial charge >= 0.3 is 0 Å². The van der Waals surface area contributed by atoms with E-state index in [0.717, 1.165) is 62.6 Å². The van der Waals surface area contributed by atoms with Crippen molar-refractivity contribution >= 4 is 5.91 Å². The van der Waals surface area contributed by atoms with E-state index >= 15 is 0 Å². The van der Waals surface area contributed by atoms with Crippen molar-refractivity contribution in [2.24, 2.45) is 5.92 Å². The molecule has 2 aromatic rings. The molecule has 0 radical (unpaired) electrons. The van der Waals surface area contributed by atoms with Crippen molar-refractivity contribution in [3.05, 3.63) is 35.8 Å². The first-order valence-electron chi connectivity index (χ1n) is 9.59. The van der Waals surface area contributed by atoms with Gasteiger partial charge in [0.15, 0.2) is 5.82 Å². The Labute approximate surface area is 147 Å². The molecule has 1 amide bonds. The van der Waals surface area contributed by atoms with Gasteiger partial charge < -0.3 is 13.9 Å². The van der Waals surface area contributed by atoms with Gasteiger partial charge in [0.1, 0.15) is 11.6 Å². The summed E-state index contributed by atoms with van der Waals surface area (Å²) in [5, 5.41) is 8.91. The summed E-state index contributed by atoms with van der Waals surface area (Å²) in [5.74, 6) is 3.68. The third-order valence-electron chi connectivity index (χ3n) is 5.99. The smallest absolute Gasteiger partial charge is 0.227 e. The number of carbonyl (C=O) groups excluding carboxylic acids is 1. The number of carbonyl (C=O) groups is 1. The Hall–Kier alpha value is -2.11. The molecule has 2 fully saturated rings. The van der Waals surface area contributed by atoms with Crippen molar-refractivity contribution < 1.29 is 9.21 Å². The summed E-state index contributed by atoms with van der Waals surface area (Å²) in [6, 6.07) is 3.99. The first kappa shape index (κ1) is 15.2. The molecule has 1 saturated heterocycles. The van der Waals surface area contributed by atoms with Crippen LogP contribution in [-0.4, -0.2) is 32.1 Å². The largest absolute Gasteiger partial charge is 0.469 e. The van der Waals surface area contributed by atoms with Crippen LogP contribution in [0.15, 0.2) is 22.8 Å². The molecule has 6 nitrogen and oxygen atoms in total. The highest BCUT2D eigenvalue weighted by Gasteiger charge is 2.49. The molecule has 0 bridgehead atoms. The van der Waals surface area contributed by atoms with E-state index in [1.54, 1.807) is 6.26 Å². The Bertz CT molecular complexity index is 766. The van der Waals surface area contributed by atoms with Crippen molar-refractivity contribution in [2.45, 2.75) is 63.5 Å². The lowest BCUT2D eigenvalue weighted by atomic mass is 9.99. The minimum absolute atomic E-state index is 0.0792. The summed E-state index contributed by atoms with van der Waals surface area (Å²) < 4.78 is 7.78. The molecule has 1 saturated carbocycles. The van der Waals surface area contributed by atoms with Crippen LogP contribution in [0.5, 0.6) is 0 Å². The maximum atomic E-state index is 13.2. The lowest BCUT2D eigenvalue weighted by molar-refractivity contribution is -0.136. The maximum absolute atomic E-state index is 13.2. The first-order chi connectivity index (χ1) is 12.3. The van der Waals surface area contributed by atoms with Crippen LogP contribution in [-0.2, 0) is 17.8 Å². The minimum Gasteiger partial charge on any atom is -0.469 e. The summed E-state index contributed by atoms with van der Waals surface area (Å²) in [4.78, 5) is 15.3. The molecule has 0 aromatic carbocycles. The molecule has 2 aliphatic heterocycles. The quantitative estimate of drug-likeness (QED) is 0.861. The van der Waals surface area contributed by atoms with Crippen LogP contribution < -0.4 is 0 Å². The zero-order chi connectivity index (χ0) is 16.8. The van der Waals surface area contributed by atoms with Crippen LogP contribution >= 0.6 is 0 Å². The molecular weight excluding hydrogens is 316 g/mol. The van der Waals surface area contributed by atoms with Crippen molar-refractivity contribution in [1.29, 1.82) is 0 Å². The monoisotopic (exact) mass is 340 g/mol. The number of piperidine rings is 1. The van der Waals surface area contributed by atoms with E-state index in [9.17, 15) is 4.79 Å². The molecule has 3 atom stereocenters. The maximum Gasteiger partial charge on any atom is 0.227 e. The number of fused-ring (bicyclic) bond motifs is 1. The van der Waals surface area contributed by atoms with Crippen molar-refractivity contribution in [1.82, 2.24) is 19.7 Å². The fraction of sp³-hybridized carbons (Fsp3) is 0.632. The number of aromatic nitrogens is 3. The third-order valence-corrected chi connectivity index (χ3v) is 5.99. The molecule has 5 rings (SSSR count). The molecule has 6 heteroatoms. The van der Waals surface area contributed by atoms with Crippen LogP contribution in [0.4, 0.5) is 0 Å². The second-order valence-corrected chi connectivity index (χ2v) is 7.59. The van der Waals surface area contributed by atoms with Gasteiger partial charge in [-0.15, -0.1) is 10.2 Å². The van der Waals surface area contributed by atoms with E-state index in [1.807, 2.05) is 12.1 Å². The number of hydrogen-bond donors (Lipinski definition) is 0. The predicted octanol–water partition coefficient (Wildman–Crippen LogP) is 3.06. The predicted molar refractivity (Wildman–Crippen MR) is 90.8 cm³/mol. The normalized spacial score (nSPS) is 28.6. The fourth-order valence-corrected chi connectivity index (χ4v) is 4.54.